The number of cyclic esters (lactones) is 1. The number of amides is 2. The van der Waals surface area contributed by atoms with Gasteiger partial charge in [0.2, 0.25) is 15.9 Å². The number of rotatable bonds is 6. The zero-order chi connectivity index (χ0) is 19.4. The largest absolute Gasteiger partial charge is 0.448 e. The first-order valence-electron chi connectivity index (χ1n) is 9.20. The Morgan fingerprint density at radius 1 is 1.19 bits per heavy atom. The first kappa shape index (κ1) is 19.6. The highest BCUT2D eigenvalue weighted by molar-refractivity contribution is 7.89. The molecule has 2 aliphatic rings. The van der Waals surface area contributed by atoms with Crippen molar-refractivity contribution in [2.45, 2.75) is 37.5 Å². The Kier molecular flexibility index (Phi) is 6.01. The molecule has 2 heterocycles. The molecular weight excluding hydrogens is 370 g/mol. The summed E-state index contributed by atoms with van der Waals surface area (Å²) in [4.78, 5) is 25.3. The highest BCUT2D eigenvalue weighted by Crippen LogP contribution is 2.25. The van der Waals surface area contributed by atoms with Crippen LogP contribution in [0.4, 0.5) is 10.5 Å². The van der Waals surface area contributed by atoms with E-state index in [0.29, 0.717) is 31.9 Å². The summed E-state index contributed by atoms with van der Waals surface area (Å²) in [7, 11) is -3.56. The maximum Gasteiger partial charge on any atom is 0.409 e. The molecule has 27 heavy (non-hydrogen) atoms. The third-order valence-electron chi connectivity index (χ3n) is 4.89. The minimum atomic E-state index is -3.56. The summed E-state index contributed by atoms with van der Waals surface area (Å²) < 4.78 is 32.0. The molecule has 0 unspecified atom stereocenters. The molecule has 2 aliphatic heterocycles. The highest BCUT2D eigenvalue weighted by Gasteiger charge is 2.27. The van der Waals surface area contributed by atoms with Crippen LogP contribution in [0.2, 0.25) is 0 Å². The number of nitrogens with one attached hydrogen (secondary N) is 1. The fourth-order valence-electron chi connectivity index (χ4n) is 3.23. The van der Waals surface area contributed by atoms with Gasteiger partial charge in [-0.3, -0.25) is 4.79 Å². The third-order valence-corrected chi connectivity index (χ3v) is 6.78. The molecule has 148 valence electrons. The summed E-state index contributed by atoms with van der Waals surface area (Å²) in [5.74, 6) is -0.273. The number of sulfonamides is 1. The van der Waals surface area contributed by atoms with Crippen LogP contribution in [-0.4, -0.2) is 62.4 Å². The number of anilines is 1. The number of carbonyl (C=O) groups is 2. The van der Waals surface area contributed by atoms with Gasteiger partial charge in [-0.2, -0.15) is 4.31 Å². The van der Waals surface area contributed by atoms with E-state index in [1.807, 2.05) is 6.92 Å². The average Bonchev–Trinajstić information content (AvgIpc) is 3.07. The predicted molar refractivity (Wildman–Crippen MR) is 100.0 cm³/mol. The molecule has 0 atom stereocenters. The molecule has 0 radical (unpaired) electrons. The van der Waals surface area contributed by atoms with Gasteiger partial charge in [0, 0.05) is 31.7 Å². The summed E-state index contributed by atoms with van der Waals surface area (Å²) in [6.45, 7) is 3.97. The van der Waals surface area contributed by atoms with Crippen LogP contribution in [0.3, 0.4) is 0 Å². The van der Waals surface area contributed by atoms with E-state index in [0.717, 1.165) is 24.8 Å². The zero-order valence-corrected chi connectivity index (χ0v) is 16.3. The van der Waals surface area contributed by atoms with Crippen molar-refractivity contribution >= 4 is 27.7 Å². The van der Waals surface area contributed by atoms with Crippen molar-refractivity contribution < 1.29 is 22.7 Å². The number of benzene rings is 1. The Hall–Kier alpha value is -2.13. The van der Waals surface area contributed by atoms with Crippen LogP contribution in [0.15, 0.2) is 23.1 Å². The summed E-state index contributed by atoms with van der Waals surface area (Å²) in [6, 6.07) is 4.79. The number of aryl methyl sites for hydroxylation is 1. The molecule has 8 nitrogen and oxygen atoms in total. The molecule has 1 aromatic rings. The molecular formula is C18H25N3O5S. The molecule has 0 saturated carbocycles. The monoisotopic (exact) mass is 395 g/mol. The molecule has 0 aliphatic carbocycles. The lowest BCUT2D eigenvalue weighted by Crippen LogP contribution is -2.35. The van der Waals surface area contributed by atoms with E-state index in [9.17, 15) is 18.0 Å². The van der Waals surface area contributed by atoms with E-state index < -0.39 is 16.1 Å². The number of hydrogen-bond acceptors (Lipinski definition) is 5. The van der Waals surface area contributed by atoms with Crippen LogP contribution in [-0.2, 0) is 19.6 Å². The Balaban J connectivity index is 1.67. The second kappa shape index (κ2) is 8.26. The fraction of sp³-hybridized carbons (Fsp3) is 0.556. The van der Waals surface area contributed by atoms with E-state index in [1.54, 1.807) is 12.1 Å². The van der Waals surface area contributed by atoms with Crippen molar-refractivity contribution in [1.29, 1.82) is 0 Å². The van der Waals surface area contributed by atoms with Crippen molar-refractivity contribution in [2.75, 3.05) is 38.1 Å². The topological polar surface area (TPSA) is 96.0 Å². The minimum absolute atomic E-state index is 0.123. The summed E-state index contributed by atoms with van der Waals surface area (Å²) >= 11 is 0. The van der Waals surface area contributed by atoms with Gasteiger partial charge in [0.25, 0.3) is 0 Å². The summed E-state index contributed by atoms with van der Waals surface area (Å²) in [5.41, 5.74) is 1.25. The van der Waals surface area contributed by atoms with Gasteiger partial charge in [0.05, 0.1) is 11.4 Å². The van der Waals surface area contributed by atoms with Gasteiger partial charge in [0.1, 0.15) is 6.61 Å². The van der Waals surface area contributed by atoms with Crippen molar-refractivity contribution in [3.05, 3.63) is 23.8 Å². The van der Waals surface area contributed by atoms with Gasteiger partial charge in [-0.25, -0.2) is 13.2 Å². The van der Waals surface area contributed by atoms with Crippen LogP contribution in [0.1, 0.15) is 31.2 Å². The number of carbonyl (C=O) groups excluding carboxylic acids is 2. The fourth-order valence-corrected chi connectivity index (χ4v) is 4.77. The Bertz CT molecular complexity index is 818. The molecule has 0 aromatic heterocycles. The summed E-state index contributed by atoms with van der Waals surface area (Å²) in [6.07, 6.45) is 2.50. The minimum Gasteiger partial charge on any atom is -0.448 e. The van der Waals surface area contributed by atoms with Gasteiger partial charge in [-0.15, -0.1) is 0 Å². The molecule has 0 bridgehead atoms. The van der Waals surface area contributed by atoms with Crippen LogP contribution in [0.25, 0.3) is 0 Å². The predicted octanol–water partition coefficient (Wildman–Crippen LogP) is 1.95. The third kappa shape index (κ3) is 4.59. The van der Waals surface area contributed by atoms with E-state index in [2.05, 4.69) is 5.32 Å². The molecule has 2 amide bonds. The number of nitrogens with zero attached hydrogens (tertiary/aromatic N) is 2. The maximum absolute atomic E-state index is 12.8. The molecule has 3 rings (SSSR count). The second-order valence-electron chi connectivity index (χ2n) is 6.84. The van der Waals surface area contributed by atoms with Gasteiger partial charge in [-0.1, -0.05) is 12.5 Å². The van der Waals surface area contributed by atoms with Crippen LogP contribution >= 0.6 is 0 Å². The van der Waals surface area contributed by atoms with Gasteiger partial charge in [0.15, 0.2) is 0 Å². The zero-order valence-electron chi connectivity index (χ0n) is 15.4. The van der Waals surface area contributed by atoms with Gasteiger partial charge < -0.3 is 15.0 Å². The second-order valence-corrected chi connectivity index (χ2v) is 8.78. The molecule has 1 N–H and O–H groups in total. The molecule has 9 heteroatoms. The quantitative estimate of drug-likeness (QED) is 0.794. The standard InChI is InChI=1S/C18H25N3O5S/c1-14-5-6-15(27(24,25)21-8-3-2-4-9-21)13-16(14)19-17(22)7-10-20-11-12-26-18(20)23/h5-6,13H,2-4,7-12H2,1H3,(H,19,22). The van der Waals surface area contributed by atoms with Crippen molar-refractivity contribution in [3.63, 3.8) is 0 Å². The maximum atomic E-state index is 12.8. The van der Waals surface area contributed by atoms with Crippen molar-refractivity contribution in [1.82, 2.24) is 9.21 Å². The lowest BCUT2D eigenvalue weighted by Gasteiger charge is -2.26. The van der Waals surface area contributed by atoms with E-state index in [4.69, 9.17) is 4.74 Å². The van der Waals surface area contributed by atoms with Gasteiger partial charge in [-0.05, 0) is 37.5 Å². The SMILES string of the molecule is Cc1ccc(S(=O)(=O)N2CCCCC2)cc1NC(=O)CCN1CCOC1=O. The number of hydrogen-bond donors (Lipinski definition) is 1. The lowest BCUT2D eigenvalue weighted by molar-refractivity contribution is -0.116. The van der Waals surface area contributed by atoms with Crippen molar-refractivity contribution in [3.8, 4) is 0 Å². The molecule has 2 saturated heterocycles. The summed E-state index contributed by atoms with van der Waals surface area (Å²) in [5, 5.41) is 2.76. The Labute approximate surface area is 159 Å². The number of piperidine rings is 1. The lowest BCUT2D eigenvalue weighted by atomic mass is 10.2. The normalized spacial score (nSPS) is 18.4. The van der Waals surface area contributed by atoms with E-state index in [1.165, 1.54) is 15.3 Å². The highest BCUT2D eigenvalue weighted by atomic mass is 32.2. The molecule has 1 aromatic carbocycles. The van der Waals surface area contributed by atoms with Crippen LogP contribution in [0.5, 0.6) is 0 Å². The first-order valence-corrected chi connectivity index (χ1v) is 10.6. The Morgan fingerprint density at radius 2 is 1.93 bits per heavy atom. The first-order chi connectivity index (χ1) is 12.9. The van der Waals surface area contributed by atoms with Crippen molar-refractivity contribution in [2.24, 2.45) is 0 Å². The molecule has 0 spiro atoms. The van der Waals surface area contributed by atoms with Gasteiger partial charge >= 0.3 is 6.09 Å². The molecule has 2 fully saturated rings. The van der Waals surface area contributed by atoms with E-state index in [-0.39, 0.29) is 23.8 Å². The van der Waals surface area contributed by atoms with Crippen LogP contribution in [0, 0.1) is 6.92 Å². The smallest absolute Gasteiger partial charge is 0.409 e. The average molecular weight is 395 g/mol. The van der Waals surface area contributed by atoms with Crippen LogP contribution < -0.4 is 5.32 Å². The Morgan fingerprint density at radius 3 is 2.59 bits per heavy atom. The van der Waals surface area contributed by atoms with E-state index >= 15 is 0 Å². The number of ether oxygens (including phenoxy) is 1.